The van der Waals surface area contributed by atoms with E-state index >= 15 is 0 Å². The first kappa shape index (κ1) is 22.7. The van der Waals surface area contributed by atoms with Gasteiger partial charge in [-0.2, -0.15) is 0 Å². The molecule has 0 aliphatic heterocycles. The number of benzene rings is 1. The summed E-state index contributed by atoms with van der Waals surface area (Å²) < 4.78 is 30.6. The Morgan fingerprint density at radius 3 is 2.26 bits per heavy atom. The van der Waals surface area contributed by atoms with Gasteiger partial charge in [-0.3, -0.25) is 9.59 Å². The smallest absolute Gasteiger partial charge is 0.310 e. The Morgan fingerprint density at radius 2 is 1.70 bits per heavy atom. The molecule has 0 saturated carbocycles. The number of hydrogen-bond donors (Lipinski definition) is 0. The molecule has 152 valence electrons. The lowest BCUT2D eigenvalue weighted by atomic mass is 10.1. The van der Waals surface area contributed by atoms with Crippen LogP contribution in [-0.4, -0.2) is 49.2 Å². The standard InChI is InChI=1S/C20H30FNO5/c1-6-14(5)27-20(24)11-15-10-17(25-9-4)18(12-16(15)21)26-13-19(23)22(7-2)8-3/h10,12,14H,6-9,11,13H2,1-5H3. The van der Waals surface area contributed by atoms with E-state index in [0.717, 1.165) is 6.07 Å². The maximum Gasteiger partial charge on any atom is 0.310 e. The van der Waals surface area contributed by atoms with Crippen molar-refractivity contribution in [1.29, 1.82) is 0 Å². The van der Waals surface area contributed by atoms with Crippen LogP contribution < -0.4 is 9.47 Å². The highest BCUT2D eigenvalue weighted by Gasteiger charge is 2.18. The molecule has 27 heavy (non-hydrogen) atoms. The fourth-order valence-corrected chi connectivity index (χ4v) is 2.41. The maximum absolute atomic E-state index is 14.4. The number of nitrogens with zero attached hydrogens (tertiary/aromatic N) is 1. The molecular formula is C20H30FNO5. The molecule has 1 unspecified atom stereocenters. The van der Waals surface area contributed by atoms with Crippen molar-refractivity contribution in [2.75, 3.05) is 26.3 Å². The van der Waals surface area contributed by atoms with Gasteiger partial charge < -0.3 is 19.1 Å². The zero-order valence-corrected chi connectivity index (χ0v) is 16.8. The minimum absolute atomic E-state index is 0.133. The number of halogens is 1. The third-order valence-corrected chi connectivity index (χ3v) is 4.12. The molecule has 0 bridgehead atoms. The van der Waals surface area contributed by atoms with Crippen molar-refractivity contribution in [3.63, 3.8) is 0 Å². The van der Waals surface area contributed by atoms with Gasteiger partial charge in [-0.05, 0) is 40.2 Å². The van der Waals surface area contributed by atoms with Gasteiger partial charge in [-0.25, -0.2) is 4.39 Å². The minimum atomic E-state index is -0.607. The van der Waals surface area contributed by atoms with Gasteiger partial charge in [-0.1, -0.05) is 6.92 Å². The summed E-state index contributed by atoms with van der Waals surface area (Å²) in [7, 11) is 0. The molecule has 0 aromatic heterocycles. The predicted molar refractivity (Wildman–Crippen MR) is 101 cm³/mol. The van der Waals surface area contributed by atoms with Crippen molar-refractivity contribution in [3.8, 4) is 11.5 Å². The number of hydrogen-bond acceptors (Lipinski definition) is 5. The van der Waals surface area contributed by atoms with E-state index in [1.54, 1.807) is 18.7 Å². The zero-order valence-electron chi connectivity index (χ0n) is 16.8. The Morgan fingerprint density at radius 1 is 1.07 bits per heavy atom. The molecule has 0 heterocycles. The SMILES string of the molecule is CCOc1cc(CC(=O)OC(C)CC)c(F)cc1OCC(=O)N(CC)CC. The molecule has 1 atom stereocenters. The molecule has 1 rings (SSSR count). The van der Waals surface area contributed by atoms with Crippen LogP contribution in [0.4, 0.5) is 4.39 Å². The molecule has 1 aromatic carbocycles. The van der Waals surface area contributed by atoms with Gasteiger partial charge in [0.1, 0.15) is 5.82 Å². The van der Waals surface area contributed by atoms with E-state index in [2.05, 4.69) is 0 Å². The zero-order chi connectivity index (χ0) is 20.4. The van der Waals surface area contributed by atoms with Crippen LogP contribution in [-0.2, 0) is 20.7 Å². The van der Waals surface area contributed by atoms with Crippen molar-refractivity contribution >= 4 is 11.9 Å². The second-order valence-corrected chi connectivity index (χ2v) is 6.06. The summed E-state index contributed by atoms with van der Waals surface area (Å²) in [5.74, 6) is -0.878. The topological polar surface area (TPSA) is 65.1 Å². The number of carbonyl (C=O) groups excluding carboxylic acids is 2. The normalized spacial score (nSPS) is 11.6. The van der Waals surface area contributed by atoms with Crippen LogP contribution in [0.1, 0.15) is 46.6 Å². The van der Waals surface area contributed by atoms with Crippen molar-refractivity contribution < 1.29 is 28.2 Å². The van der Waals surface area contributed by atoms with Gasteiger partial charge in [0.15, 0.2) is 18.1 Å². The van der Waals surface area contributed by atoms with E-state index in [-0.39, 0.29) is 42.1 Å². The number of rotatable bonds is 11. The number of ether oxygens (including phenoxy) is 3. The average Bonchev–Trinajstić information content (AvgIpc) is 2.63. The molecule has 0 aliphatic carbocycles. The van der Waals surface area contributed by atoms with Gasteiger partial charge in [0.25, 0.3) is 5.91 Å². The number of esters is 1. The van der Waals surface area contributed by atoms with E-state index < -0.39 is 11.8 Å². The number of likely N-dealkylation sites (N-methyl/N-ethyl adjacent to an activating group) is 1. The summed E-state index contributed by atoms with van der Waals surface area (Å²) in [6.45, 7) is 10.5. The number of amides is 1. The maximum atomic E-state index is 14.4. The summed E-state index contributed by atoms with van der Waals surface area (Å²) in [4.78, 5) is 25.6. The third-order valence-electron chi connectivity index (χ3n) is 4.12. The monoisotopic (exact) mass is 383 g/mol. The Labute approximate surface area is 160 Å². The number of carbonyl (C=O) groups is 2. The summed E-state index contributed by atoms with van der Waals surface area (Å²) in [6.07, 6.45) is 0.265. The van der Waals surface area contributed by atoms with Gasteiger partial charge in [0.05, 0.1) is 19.1 Å². The lowest BCUT2D eigenvalue weighted by Crippen LogP contribution is -2.34. The molecule has 1 amide bonds. The highest BCUT2D eigenvalue weighted by Crippen LogP contribution is 2.31. The molecule has 0 N–H and O–H groups in total. The molecular weight excluding hydrogens is 353 g/mol. The van der Waals surface area contributed by atoms with E-state index in [1.165, 1.54) is 6.07 Å². The van der Waals surface area contributed by atoms with Crippen molar-refractivity contribution in [3.05, 3.63) is 23.5 Å². The molecule has 0 saturated heterocycles. The van der Waals surface area contributed by atoms with E-state index in [9.17, 15) is 14.0 Å². The Bertz CT molecular complexity index is 631. The van der Waals surface area contributed by atoms with Gasteiger partial charge in [0.2, 0.25) is 0 Å². The molecule has 0 fully saturated rings. The Hall–Kier alpha value is -2.31. The fourth-order valence-electron chi connectivity index (χ4n) is 2.41. The highest BCUT2D eigenvalue weighted by atomic mass is 19.1. The molecule has 1 aromatic rings. The van der Waals surface area contributed by atoms with Crippen LogP contribution >= 0.6 is 0 Å². The minimum Gasteiger partial charge on any atom is -0.490 e. The summed E-state index contributed by atoms with van der Waals surface area (Å²) in [5, 5.41) is 0. The lowest BCUT2D eigenvalue weighted by Gasteiger charge is -2.20. The van der Waals surface area contributed by atoms with Gasteiger partial charge >= 0.3 is 5.97 Å². The molecule has 6 nitrogen and oxygen atoms in total. The largest absolute Gasteiger partial charge is 0.490 e. The molecule has 0 radical (unpaired) electrons. The van der Waals surface area contributed by atoms with Crippen LogP contribution in [0, 0.1) is 5.82 Å². The second kappa shape index (κ2) is 11.4. The average molecular weight is 383 g/mol. The Balaban J connectivity index is 2.92. The molecule has 7 heteroatoms. The van der Waals surface area contributed by atoms with Crippen LogP contribution in [0.25, 0.3) is 0 Å². The highest BCUT2D eigenvalue weighted by molar-refractivity contribution is 5.78. The van der Waals surface area contributed by atoms with Crippen LogP contribution in [0.5, 0.6) is 11.5 Å². The van der Waals surface area contributed by atoms with E-state index in [0.29, 0.717) is 26.1 Å². The van der Waals surface area contributed by atoms with Crippen molar-refractivity contribution in [2.45, 2.75) is 53.6 Å². The quantitative estimate of drug-likeness (QED) is 0.548. The summed E-state index contributed by atoms with van der Waals surface area (Å²) in [6, 6.07) is 2.57. The second-order valence-electron chi connectivity index (χ2n) is 6.06. The van der Waals surface area contributed by atoms with E-state index in [4.69, 9.17) is 14.2 Å². The summed E-state index contributed by atoms with van der Waals surface area (Å²) >= 11 is 0. The van der Waals surface area contributed by atoms with Crippen molar-refractivity contribution in [1.82, 2.24) is 4.90 Å². The van der Waals surface area contributed by atoms with E-state index in [1.807, 2.05) is 20.8 Å². The first-order valence-electron chi connectivity index (χ1n) is 9.41. The van der Waals surface area contributed by atoms with Crippen LogP contribution in [0.3, 0.4) is 0 Å². The summed E-state index contributed by atoms with van der Waals surface area (Å²) in [5.41, 5.74) is 0.161. The van der Waals surface area contributed by atoms with Gasteiger partial charge in [0, 0.05) is 24.7 Å². The van der Waals surface area contributed by atoms with Gasteiger partial charge in [-0.15, -0.1) is 0 Å². The third kappa shape index (κ3) is 7.07. The van der Waals surface area contributed by atoms with Crippen molar-refractivity contribution in [2.24, 2.45) is 0 Å². The first-order valence-corrected chi connectivity index (χ1v) is 9.41. The first-order chi connectivity index (χ1) is 12.9. The fraction of sp³-hybridized carbons (Fsp3) is 0.600. The Kier molecular flexibility index (Phi) is 9.61. The lowest BCUT2D eigenvalue weighted by molar-refractivity contribution is -0.147. The molecule has 0 spiro atoms. The molecule has 0 aliphatic rings. The predicted octanol–water partition coefficient (Wildman–Crippen LogP) is 3.36. The van der Waals surface area contributed by atoms with Crippen LogP contribution in [0.15, 0.2) is 12.1 Å². The van der Waals surface area contributed by atoms with Crippen LogP contribution in [0.2, 0.25) is 0 Å².